The van der Waals surface area contributed by atoms with Crippen LogP contribution >= 0.6 is 0 Å². The lowest BCUT2D eigenvalue weighted by molar-refractivity contribution is 0.242. The highest BCUT2D eigenvalue weighted by Gasteiger charge is 2.23. The number of likely N-dealkylation sites (N-methyl/N-ethyl adjacent to an activating group) is 1. The Hall–Kier alpha value is -0.0800. The van der Waals surface area contributed by atoms with Gasteiger partial charge in [0, 0.05) is 25.2 Å². The third-order valence-electron chi connectivity index (χ3n) is 4.29. The topological polar surface area (TPSA) is 15.3 Å². The monoisotopic (exact) mass is 224 g/mol. The van der Waals surface area contributed by atoms with Crippen LogP contribution < -0.4 is 5.32 Å². The zero-order valence-corrected chi connectivity index (χ0v) is 11.0. The average molecular weight is 224 g/mol. The van der Waals surface area contributed by atoms with Gasteiger partial charge in [-0.2, -0.15) is 0 Å². The number of nitrogens with zero attached hydrogens (tertiary/aromatic N) is 1. The van der Waals surface area contributed by atoms with Crippen molar-refractivity contribution >= 4 is 0 Å². The van der Waals surface area contributed by atoms with E-state index in [4.69, 9.17) is 0 Å². The van der Waals surface area contributed by atoms with Crippen LogP contribution in [0.5, 0.6) is 0 Å². The van der Waals surface area contributed by atoms with Gasteiger partial charge in [0.2, 0.25) is 0 Å². The van der Waals surface area contributed by atoms with Crippen LogP contribution in [0.25, 0.3) is 0 Å². The molecule has 0 spiro atoms. The maximum atomic E-state index is 3.67. The highest BCUT2D eigenvalue weighted by molar-refractivity contribution is 4.79. The van der Waals surface area contributed by atoms with Crippen LogP contribution in [0.2, 0.25) is 0 Å². The summed E-state index contributed by atoms with van der Waals surface area (Å²) in [5, 5.41) is 3.67. The molecule has 2 aliphatic rings. The zero-order chi connectivity index (χ0) is 11.4. The summed E-state index contributed by atoms with van der Waals surface area (Å²) < 4.78 is 0. The number of rotatable bonds is 7. The van der Waals surface area contributed by atoms with E-state index in [2.05, 4.69) is 24.2 Å². The van der Waals surface area contributed by atoms with Crippen LogP contribution in [-0.2, 0) is 0 Å². The van der Waals surface area contributed by atoms with Crippen molar-refractivity contribution in [3.05, 3.63) is 0 Å². The summed E-state index contributed by atoms with van der Waals surface area (Å²) in [5.74, 6) is 1.05. The normalized spacial score (nSPS) is 24.2. The molecule has 1 atom stereocenters. The molecule has 1 unspecified atom stereocenters. The van der Waals surface area contributed by atoms with E-state index >= 15 is 0 Å². The number of hydrogen-bond acceptors (Lipinski definition) is 2. The lowest BCUT2D eigenvalue weighted by Crippen LogP contribution is -2.38. The molecule has 0 radical (unpaired) electrons. The average Bonchev–Trinajstić information content (AvgIpc) is 2.90. The van der Waals surface area contributed by atoms with Crippen LogP contribution in [0.15, 0.2) is 0 Å². The second-order valence-electron chi connectivity index (χ2n) is 5.95. The maximum Gasteiger partial charge on any atom is 0.0107 e. The molecule has 0 amide bonds. The van der Waals surface area contributed by atoms with Crippen LogP contribution in [-0.4, -0.2) is 37.1 Å². The van der Waals surface area contributed by atoms with Gasteiger partial charge in [0.15, 0.2) is 0 Å². The number of nitrogens with one attached hydrogen (secondary N) is 1. The molecule has 94 valence electrons. The van der Waals surface area contributed by atoms with E-state index in [1.54, 1.807) is 0 Å². The maximum absolute atomic E-state index is 3.67. The van der Waals surface area contributed by atoms with Gasteiger partial charge in [-0.15, -0.1) is 0 Å². The van der Waals surface area contributed by atoms with E-state index in [1.807, 2.05) is 0 Å². The first-order valence-electron chi connectivity index (χ1n) is 7.19. The molecule has 0 aromatic carbocycles. The van der Waals surface area contributed by atoms with E-state index in [0.29, 0.717) is 0 Å². The zero-order valence-electron chi connectivity index (χ0n) is 11.0. The highest BCUT2D eigenvalue weighted by atomic mass is 15.1. The summed E-state index contributed by atoms with van der Waals surface area (Å²) in [6.45, 7) is 4.73. The third kappa shape index (κ3) is 4.06. The van der Waals surface area contributed by atoms with Crippen molar-refractivity contribution in [1.82, 2.24) is 10.2 Å². The Morgan fingerprint density at radius 3 is 2.50 bits per heavy atom. The molecule has 2 heteroatoms. The predicted octanol–water partition coefficient (Wildman–Crippen LogP) is 2.64. The van der Waals surface area contributed by atoms with Crippen molar-refractivity contribution in [2.75, 3.05) is 20.1 Å². The van der Waals surface area contributed by atoms with E-state index in [9.17, 15) is 0 Å². The molecule has 0 aromatic heterocycles. The van der Waals surface area contributed by atoms with Crippen LogP contribution in [0.1, 0.15) is 51.9 Å². The van der Waals surface area contributed by atoms with Crippen molar-refractivity contribution in [1.29, 1.82) is 0 Å². The first-order chi connectivity index (χ1) is 7.75. The second-order valence-corrected chi connectivity index (χ2v) is 5.95. The fourth-order valence-electron chi connectivity index (χ4n) is 2.95. The predicted molar refractivity (Wildman–Crippen MR) is 69.7 cm³/mol. The van der Waals surface area contributed by atoms with Crippen LogP contribution in [0, 0.1) is 5.92 Å². The molecule has 16 heavy (non-hydrogen) atoms. The van der Waals surface area contributed by atoms with Crippen molar-refractivity contribution < 1.29 is 0 Å². The third-order valence-corrected chi connectivity index (χ3v) is 4.29. The largest absolute Gasteiger partial charge is 0.313 e. The summed E-state index contributed by atoms with van der Waals surface area (Å²) in [6, 6.07) is 1.60. The minimum Gasteiger partial charge on any atom is -0.313 e. The molecule has 0 aromatic rings. The standard InChI is InChI=1S/C14H28N2/c1-12(11-13-7-8-13)15-9-10-16(2)14-5-3-4-6-14/h12-15H,3-11H2,1-2H3. The summed E-state index contributed by atoms with van der Waals surface area (Å²) in [5.41, 5.74) is 0. The molecule has 0 bridgehead atoms. The molecular formula is C14H28N2. The fraction of sp³-hybridized carbons (Fsp3) is 1.00. The van der Waals surface area contributed by atoms with E-state index in [0.717, 1.165) is 18.0 Å². The Balaban J connectivity index is 1.52. The van der Waals surface area contributed by atoms with Gasteiger partial charge >= 0.3 is 0 Å². The highest BCUT2D eigenvalue weighted by Crippen LogP contribution is 2.33. The summed E-state index contributed by atoms with van der Waals surface area (Å²) in [7, 11) is 2.29. The Morgan fingerprint density at radius 2 is 1.88 bits per heavy atom. The van der Waals surface area contributed by atoms with Gasteiger partial charge in [0.05, 0.1) is 0 Å². The quantitative estimate of drug-likeness (QED) is 0.715. The molecule has 0 saturated heterocycles. The first kappa shape index (κ1) is 12.4. The Labute approximate surface area is 101 Å². The van der Waals surface area contributed by atoms with Crippen LogP contribution in [0.3, 0.4) is 0 Å². The first-order valence-corrected chi connectivity index (χ1v) is 7.19. The molecule has 2 nitrogen and oxygen atoms in total. The minimum atomic E-state index is 0.726. The van der Waals surface area contributed by atoms with Gasteiger partial charge < -0.3 is 10.2 Å². The van der Waals surface area contributed by atoms with Gasteiger partial charge in [-0.25, -0.2) is 0 Å². The molecule has 1 N–H and O–H groups in total. The summed E-state index contributed by atoms with van der Waals surface area (Å²) >= 11 is 0. The fourth-order valence-corrected chi connectivity index (χ4v) is 2.95. The molecule has 2 rings (SSSR count). The van der Waals surface area contributed by atoms with E-state index < -0.39 is 0 Å². The molecule has 0 aliphatic heterocycles. The molecule has 2 aliphatic carbocycles. The lowest BCUT2D eigenvalue weighted by atomic mass is 10.1. The van der Waals surface area contributed by atoms with Crippen molar-refractivity contribution in [2.24, 2.45) is 5.92 Å². The van der Waals surface area contributed by atoms with Gasteiger partial charge in [-0.1, -0.05) is 25.7 Å². The molecule has 2 fully saturated rings. The summed E-state index contributed by atoms with van der Waals surface area (Å²) in [4.78, 5) is 2.56. The molecular weight excluding hydrogens is 196 g/mol. The Kier molecular flexibility index (Phi) is 4.66. The SMILES string of the molecule is CC(CC1CC1)NCCN(C)C1CCCC1. The van der Waals surface area contributed by atoms with E-state index in [-0.39, 0.29) is 0 Å². The Bertz CT molecular complexity index is 195. The summed E-state index contributed by atoms with van der Waals surface area (Å²) in [6.07, 6.45) is 10.1. The minimum absolute atomic E-state index is 0.726. The van der Waals surface area contributed by atoms with Crippen molar-refractivity contribution in [3.63, 3.8) is 0 Å². The van der Waals surface area contributed by atoms with Gasteiger partial charge in [-0.3, -0.25) is 0 Å². The smallest absolute Gasteiger partial charge is 0.0107 e. The van der Waals surface area contributed by atoms with Gasteiger partial charge in [-0.05, 0) is 39.2 Å². The van der Waals surface area contributed by atoms with Crippen molar-refractivity contribution in [2.45, 2.75) is 64.0 Å². The Morgan fingerprint density at radius 1 is 1.19 bits per heavy atom. The lowest BCUT2D eigenvalue weighted by Gasteiger charge is -2.25. The number of hydrogen-bond donors (Lipinski definition) is 1. The van der Waals surface area contributed by atoms with Crippen LogP contribution in [0.4, 0.5) is 0 Å². The van der Waals surface area contributed by atoms with Gasteiger partial charge in [0.1, 0.15) is 0 Å². The second kappa shape index (κ2) is 6.02. The van der Waals surface area contributed by atoms with E-state index in [1.165, 1.54) is 58.0 Å². The molecule has 0 heterocycles. The molecule has 2 saturated carbocycles. The van der Waals surface area contributed by atoms with Crippen molar-refractivity contribution in [3.8, 4) is 0 Å². The van der Waals surface area contributed by atoms with Gasteiger partial charge in [0.25, 0.3) is 0 Å².